The van der Waals surface area contributed by atoms with Crippen molar-refractivity contribution in [3.8, 4) is 5.75 Å². The third kappa shape index (κ3) is 7.04. The lowest BCUT2D eigenvalue weighted by molar-refractivity contribution is -0.604. The molecule has 2 heterocycles. The maximum atomic E-state index is 13.5. The lowest BCUT2D eigenvalue weighted by Gasteiger charge is -2.63. The number of ether oxygens (including phenoxy) is 6. The summed E-state index contributed by atoms with van der Waals surface area (Å²) in [5.41, 5.74) is -2.62. The van der Waals surface area contributed by atoms with Crippen molar-refractivity contribution in [2.45, 2.75) is 78.9 Å². The molecule has 11 nitrogen and oxygen atoms in total. The van der Waals surface area contributed by atoms with Crippen LogP contribution in [-0.4, -0.2) is 93.8 Å². The minimum absolute atomic E-state index is 0.0380. The van der Waals surface area contributed by atoms with E-state index in [0.717, 1.165) is 0 Å². The molecule has 0 saturated carbocycles. The Morgan fingerprint density at radius 3 is 1.88 bits per heavy atom. The number of carbonyl (C=O) groups is 1. The van der Waals surface area contributed by atoms with Gasteiger partial charge in [-0.1, -0.05) is 46.8 Å². The van der Waals surface area contributed by atoms with Crippen molar-refractivity contribution in [3.05, 3.63) is 29.3 Å². The van der Waals surface area contributed by atoms with E-state index in [4.69, 9.17) is 38.2 Å². The molecule has 0 unspecified atom stereocenters. The average Bonchev–Trinajstić information content (AvgIpc) is 3.00. The summed E-state index contributed by atoms with van der Waals surface area (Å²) in [6, 6.07) is 5.27. The molecule has 11 heteroatoms. The summed E-state index contributed by atoms with van der Waals surface area (Å²) in [7, 11) is 1.63. The third-order valence-electron chi connectivity index (χ3n) is 7.60. The zero-order valence-electron chi connectivity index (χ0n) is 26.9. The fraction of sp³-hybridized carbons (Fsp3) is 0.774. The van der Waals surface area contributed by atoms with E-state index in [1.54, 1.807) is 24.1 Å². The van der Waals surface area contributed by atoms with Crippen molar-refractivity contribution in [3.63, 3.8) is 0 Å². The lowest BCUT2D eigenvalue weighted by Crippen LogP contribution is -2.75. The number of benzene rings is 1. The summed E-state index contributed by atoms with van der Waals surface area (Å²) in [5, 5.41) is 11.0. The highest BCUT2D eigenvalue weighted by molar-refractivity contribution is 5.71. The maximum Gasteiger partial charge on any atom is 0.413 e. The number of phenolic OH excluding ortho intramolecular Hbond substituents is 1. The Labute approximate surface area is 250 Å². The topological polar surface area (TPSA) is 114 Å². The van der Waals surface area contributed by atoms with E-state index in [0.29, 0.717) is 70.5 Å². The Morgan fingerprint density at radius 1 is 0.881 bits per heavy atom. The second-order valence-corrected chi connectivity index (χ2v) is 13.4. The molecule has 0 aromatic heterocycles. The van der Waals surface area contributed by atoms with E-state index < -0.39 is 33.9 Å². The van der Waals surface area contributed by atoms with Gasteiger partial charge in [0.05, 0.1) is 59.5 Å². The fourth-order valence-electron chi connectivity index (χ4n) is 6.08. The number of rotatable bonds is 15. The highest BCUT2D eigenvalue weighted by Crippen LogP contribution is 2.70. The van der Waals surface area contributed by atoms with Crippen LogP contribution in [-0.2, 0) is 50.5 Å². The van der Waals surface area contributed by atoms with Crippen LogP contribution in [0.5, 0.6) is 5.75 Å². The first-order valence-corrected chi connectivity index (χ1v) is 14.6. The number of carbonyl (C=O) groups excluding carboxylic acids is 1. The number of phenols is 1. The molecule has 0 aliphatic carbocycles. The van der Waals surface area contributed by atoms with E-state index in [2.05, 4.69) is 34.6 Å². The van der Waals surface area contributed by atoms with Crippen molar-refractivity contribution in [1.82, 2.24) is 4.90 Å². The quantitative estimate of drug-likeness (QED) is 0.224. The number of aromatic hydroxyl groups is 1. The molecule has 2 atom stereocenters. The number of nitrogens with zero attached hydrogens (tertiary/aromatic N) is 1. The van der Waals surface area contributed by atoms with Gasteiger partial charge < -0.3 is 33.5 Å². The molecule has 0 radical (unpaired) electrons. The number of likely N-dealkylation sites (tertiary alicyclic amines) is 1. The van der Waals surface area contributed by atoms with Gasteiger partial charge in [-0.25, -0.2) is 9.68 Å². The van der Waals surface area contributed by atoms with Crippen LogP contribution < -0.4 is 0 Å². The Morgan fingerprint density at radius 2 is 1.43 bits per heavy atom. The van der Waals surface area contributed by atoms with Crippen LogP contribution >= 0.6 is 0 Å². The van der Waals surface area contributed by atoms with E-state index in [1.165, 1.54) is 0 Å². The Balaban J connectivity index is 1.61. The molecule has 2 fully saturated rings. The normalized spacial score (nSPS) is 23.5. The maximum absolute atomic E-state index is 13.5. The summed E-state index contributed by atoms with van der Waals surface area (Å²) < 4.78 is 32.8. The summed E-state index contributed by atoms with van der Waals surface area (Å²) >= 11 is 0. The molecule has 1 aromatic rings. The Hall–Kier alpha value is -1.99. The zero-order valence-corrected chi connectivity index (χ0v) is 26.9. The van der Waals surface area contributed by atoms with Gasteiger partial charge in [0.25, 0.3) is 0 Å². The van der Waals surface area contributed by atoms with E-state index in [1.807, 2.05) is 26.8 Å². The molecular weight excluding hydrogens is 546 g/mol. The van der Waals surface area contributed by atoms with Gasteiger partial charge in [0, 0.05) is 35.6 Å². The highest BCUT2D eigenvalue weighted by atomic mass is 17.3. The van der Waals surface area contributed by atoms with Crippen molar-refractivity contribution in [1.29, 1.82) is 0 Å². The molecule has 0 bridgehead atoms. The second-order valence-electron chi connectivity index (χ2n) is 13.4. The van der Waals surface area contributed by atoms with Gasteiger partial charge in [-0.05, 0) is 26.8 Å². The van der Waals surface area contributed by atoms with Gasteiger partial charge >= 0.3 is 6.09 Å². The van der Waals surface area contributed by atoms with E-state index >= 15 is 0 Å². The van der Waals surface area contributed by atoms with Crippen molar-refractivity contribution >= 4 is 6.09 Å². The van der Waals surface area contributed by atoms with Crippen LogP contribution in [0, 0.1) is 10.8 Å². The summed E-state index contributed by atoms with van der Waals surface area (Å²) in [4.78, 5) is 27.1. The van der Waals surface area contributed by atoms with Gasteiger partial charge in [-0.15, -0.1) is 0 Å². The van der Waals surface area contributed by atoms with Gasteiger partial charge in [0.1, 0.15) is 11.4 Å². The monoisotopic (exact) mass is 597 g/mol. The standard InChI is InChI=1S/C31H51NO10/c1-27(2,3)31-29(7,8)22-32(26(34)40-28(4,5)6)30(31,41-42-31)24-11-10-23(25(33)20-24)21-39-19-18-38-17-16-37-15-14-36-13-12-35-9/h10-11,20,33H,12-19,21-22H2,1-9H3/t30-,31-/m0/s1. The van der Waals surface area contributed by atoms with E-state index in [-0.39, 0.29) is 12.4 Å². The first kappa shape index (κ1) is 34.5. The minimum atomic E-state index is -1.29. The predicted octanol–water partition coefficient (Wildman–Crippen LogP) is 4.78. The summed E-state index contributed by atoms with van der Waals surface area (Å²) in [5.74, 6) is 0.0380. The van der Waals surface area contributed by atoms with Gasteiger partial charge in [-0.3, -0.25) is 4.90 Å². The van der Waals surface area contributed by atoms with Crippen LogP contribution in [0.25, 0.3) is 0 Å². The van der Waals surface area contributed by atoms with Crippen molar-refractivity contribution in [2.75, 3.05) is 66.5 Å². The smallest absolute Gasteiger partial charge is 0.413 e. The van der Waals surface area contributed by atoms with Crippen LogP contribution in [0.2, 0.25) is 0 Å². The zero-order chi connectivity index (χ0) is 31.2. The Kier molecular flexibility index (Phi) is 11.3. The molecule has 2 saturated heterocycles. The van der Waals surface area contributed by atoms with Crippen molar-refractivity contribution < 1.29 is 48.1 Å². The molecule has 2 aliphatic rings. The van der Waals surface area contributed by atoms with E-state index in [9.17, 15) is 9.90 Å². The fourth-order valence-corrected chi connectivity index (χ4v) is 6.08. The summed E-state index contributed by atoms with van der Waals surface area (Å²) in [6.07, 6.45) is -0.502. The molecule has 3 rings (SSSR count). The average molecular weight is 598 g/mol. The largest absolute Gasteiger partial charge is 0.508 e. The van der Waals surface area contributed by atoms with Gasteiger partial charge in [0.2, 0.25) is 5.72 Å². The van der Waals surface area contributed by atoms with Gasteiger partial charge in [0.15, 0.2) is 5.60 Å². The number of amides is 1. The lowest BCUT2D eigenvalue weighted by atomic mass is 9.57. The molecule has 42 heavy (non-hydrogen) atoms. The Bertz CT molecular complexity index is 1030. The van der Waals surface area contributed by atoms with Crippen LogP contribution in [0.3, 0.4) is 0 Å². The molecule has 2 aliphatic heterocycles. The molecule has 0 spiro atoms. The minimum Gasteiger partial charge on any atom is -0.508 e. The number of fused-ring (bicyclic) bond motifs is 1. The van der Waals surface area contributed by atoms with Crippen LogP contribution in [0.1, 0.15) is 66.5 Å². The van der Waals surface area contributed by atoms with Crippen LogP contribution in [0.15, 0.2) is 18.2 Å². The molecule has 1 amide bonds. The first-order valence-electron chi connectivity index (χ1n) is 14.6. The van der Waals surface area contributed by atoms with Gasteiger partial charge in [-0.2, -0.15) is 4.89 Å². The molecule has 240 valence electrons. The summed E-state index contributed by atoms with van der Waals surface area (Å²) in [6.45, 7) is 20.2. The SMILES string of the molecule is COCCOCCOCCOCCOCc1ccc([C@]23OO[C@@]2(C(C)(C)C)C(C)(C)CN3C(=O)OC(C)(C)C)cc1O. The highest BCUT2D eigenvalue weighted by Gasteiger charge is 2.84. The van der Waals surface area contributed by atoms with Crippen LogP contribution in [0.4, 0.5) is 4.79 Å². The number of hydrogen-bond acceptors (Lipinski definition) is 10. The van der Waals surface area contributed by atoms with Crippen molar-refractivity contribution in [2.24, 2.45) is 10.8 Å². The molecular formula is C31H51NO10. The first-order chi connectivity index (χ1) is 19.6. The number of methoxy groups -OCH3 is 1. The molecule has 1 N–H and O–H groups in total. The number of hydrogen-bond donors (Lipinski definition) is 1. The molecule has 1 aromatic carbocycles. The predicted molar refractivity (Wildman–Crippen MR) is 155 cm³/mol. The second kappa shape index (κ2) is 13.8. The third-order valence-corrected chi connectivity index (χ3v) is 7.60.